The van der Waals surface area contributed by atoms with Crippen molar-refractivity contribution in [1.29, 1.82) is 0 Å². The van der Waals surface area contributed by atoms with Crippen LogP contribution >= 0.6 is 0 Å². The summed E-state index contributed by atoms with van der Waals surface area (Å²) in [6.45, 7) is 0.329. The second-order valence-electron chi connectivity index (χ2n) is 3.51. The van der Waals surface area contributed by atoms with Gasteiger partial charge in [0.15, 0.2) is 0 Å². The Labute approximate surface area is 96.2 Å². The highest BCUT2D eigenvalue weighted by Gasteiger charge is 2.31. The number of carbonyl (C=O) groups excluding carboxylic acids is 1. The largest absolute Gasteiger partial charge is 0.444 e. The number of hydrogen-bond acceptors (Lipinski definition) is 3. The third-order valence-electron chi connectivity index (χ3n) is 2.34. The van der Waals surface area contributed by atoms with Gasteiger partial charge in [0.05, 0.1) is 18.8 Å². The van der Waals surface area contributed by atoms with Crippen LogP contribution in [0.2, 0.25) is 0 Å². The molecule has 1 amide bonds. The van der Waals surface area contributed by atoms with Crippen LogP contribution in [0.4, 0.5) is 14.9 Å². The molecule has 1 saturated heterocycles. The number of benzene rings is 1. The number of carbonyl (C=O) groups is 1. The number of amides is 1. The van der Waals surface area contributed by atoms with Gasteiger partial charge >= 0.3 is 6.09 Å². The number of cyclic esters (lactones) is 1. The maximum Gasteiger partial charge on any atom is 0.414 e. The average Bonchev–Trinajstić information content (AvgIpc) is 2.68. The molecule has 0 aliphatic carbocycles. The summed E-state index contributed by atoms with van der Waals surface area (Å²) in [5.41, 5.74) is 8.60. The molecule has 7 heteroatoms. The maximum absolute atomic E-state index is 13.0. The molecule has 0 saturated carbocycles. The quantitative estimate of drug-likeness (QED) is 0.459. The smallest absolute Gasteiger partial charge is 0.414 e. The zero-order valence-corrected chi connectivity index (χ0v) is 8.78. The Bertz CT molecular complexity index is 487. The van der Waals surface area contributed by atoms with Crippen molar-refractivity contribution >= 4 is 11.8 Å². The second kappa shape index (κ2) is 4.71. The van der Waals surface area contributed by atoms with Crippen molar-refractivity contribution in [3.63, 3.8) is 0 Å². The summed E-state index contributed by atoms with van der Waals surface area (Å²) < 4.78 is 18.0. The van der Waals surface area contributed by atoms with E-state index in [0.717, 1.165) is 0 Å². The van der Waals surface area contributed by atoms with Gasteiger partial charge in [0.1, 0.15) is 11.9 Å². The first kappa shape index (κ1) is 11.2. The molecule has 17 heavy (non-hydrogen) atoms. The van der Waals surface area contributed by atoms with Crippen LogP contribution < -0.4 is 4.90 Å². The van der Waals surface area contributed by atoms with Crippen LogP contribution in [0.15, 0.2) is 29.4 Å². The van der Waals surface area contributed by atoms with Crippen LogP contribution in [0.5, 0.6) is 0 Å². The number of rotatable bonds is 3. The van der Waals surface area contributed by atoms with E-state index >= 15 is 0 Å². The van der Waals surface area contributed by atoms with Crippen molar-refractivity contribution in [3.8, 4) is 0 Å². The standard InChI is InChI=1S/C10H9FN4O2/c11-7-2-1-3-8(4-7)15-6-9(5-13-14-12)17-10(15)16/h1-4,9H,5-6H2/t9-/m0/s1. The number of azide groups is 1. The van der Waals surface area contributed by atoms with Crippen molar-refractivity contribution < 1.29 is 13.9 Å². The van der Waals surface area contributed by atoms with Gasteiger partial charge < -0.3 is 4.74 Å². The molecule has 1 aliphatic rings. The Morgan fingerprint density at radius 3 is 3.18 bits per heavy atom. The van der Waals surface area contributed by atoms with Crippen LogP contribution in [0.3, 0.4) is 0 Å². The summed E-state index contributed by atoms with van der Waals surface area (Å²) in [7, 11) is 0. The van der Waals surface area contributed by atoms with E-state index in [1.54, 1.807) is 6.07 Å². The zero-order chi connectivity index (χ0) is 12.3. The lowest BCUT2D eigenvalue weighted by molar-refractivity contribution is 0.145. The number of anilines is 1. The molecule has 0 aromatic heterocycles. The van der Waals surface area contributed by atoms with Gasteiger partial charge in [-0.15, -0.1) is 0 Å². The van der Waals surface area contributed by atoms with Crippen LogP contribution in [0.25, 0.3) is 10.4 Å². The van der Waals surface area contributed by atoms with Gasteiger partial charge in [0.2, 0.25) is 0 Å². The average molecular weight is 236 g/mol. The second-order valence-corrected chi connectivity index (χ2v) is 3.51. The van der Waals surface area contributed by atoms with Gasteiger partial charge in [0.25, 0.3) is 0 Å². The minimum Gasteiger partial charge on any atom is -0.444 e. The number of hydrogen-bond donors (Lipinski definition) is 0. The predicted molar refractivity (Wildman–Crippen MR) is 58.0 cm³/mol. The molecule has 1 aromatic rings. The van der Waals surface area contributed by atoms with Crippen LogP contribution in [0.1, 0.15) is 0 Å². The van der Waals surface area contributed by atoms with E-state index in [-0.39, 0.29) is 13.1 Å². The van der Waals surface area contributed by atoms with Crippen LogP contribution in [-0.2, 0) is 4.74 Å². The molecule has 1 aliphatic heterocycles. The monoisotopic (exact) mass is 236 g/mol. The summed E-state index contributed by atoms with van der Waals surface area (Å²) in [5.74, 6) is -0.422. The van der Waals surface area contributed by atoms with E-state index in [2.05, 4.69) is 10.0 Å². The van der Waals surface area contributed by atoms with Crippen LogP contribution in [0, 0.1) is 5.82 Å². The Balaban J connectivity index is 2.12. The number of nitrogens with zero attached hydrogens (tertiary/aromatic N) is 4. The van der Waals surface area contributed by atoms with E-state index in [1.165, 1.54) is 23.1 Å². The van der Waals surface area contributed by atoms with E-state index in [4.69, 9.17) is 10.3 Å². The molecular formula is C10H9FN4O2. The van der Waals surface area contributed by atoms with Gasteiger partial charge in [-0.3, -0.25) is 4.90 Å². The summed E-state index contributed by atoms with van der Waals surface area (Å²) in [5, 5.41) is 3.34. The molecule has 0 spiro atoms. The third kappa shape index (κ3) is 2.46. The highest BCUT2D eigenvalue weighted by Crippen LogP contribution is 2.22. The predicted octanol–water partition coefficient (Wildman–Crippen LogP) is 2.46. The fourth-order valence-corrected chi connectivity index (χ4v) is 1.60. The molecule has 88 valence electrons. The van der Waals surface area contributed by atoms with E-state index in [0.29, 0.717) is 5.69 Å². The first-order valence-corrected chi connectivity index (χ1v) is 4.95. The molecule has 0 unspecified atom stereocenters. The topological polar surface area (TPSA) is 78.3 Å². The van der Waals surface area contributed by atoms with E-state index in [9.17, 15) is 9.18 Å². The fraction of sp³-hybridized carbons (Fsp3) is 0.300. The van der Waals surface area contributed by atoms with Gasteiger partial charge in [-0.2, -0.15) is 0 Å². The van der Waals surface area contributed by atoms with E-state index in [1.807, 2.05) is 0 Å². The summed E-state index contributed by atoms with van der Waals surface area (Å²) in [6.07, 6.45) is -1.05. The normalized spacial score (nSPS) is 18.8. The van der Waals surface area contributed by atoms with Gasteiger partial charge in [-0.1, -0.05) is 11.2 Å². The highest BCUT2D eigenvalue weighted by molar-refractivity contribution is 5.89. The Morgan fingerprint density at radius 1 is 1.65 bits per heavy atom. The first-order valence-electron chi connectivity index (χ1n) is 4.95. The molecule has 0 bridgehead atoms. The fourth-order valence-electron chi connectivity index (χ4n) is 1.60. The summed E-state index contributed by atoms with van der Waals surface area (Å²) >= 11 is 0. The van der Waals surface area contributed by atoms with Crippen molar-refractivity contribution in [2.24, 2.45) is 5.11 Å². The van der Waals surface area contributed by atoms with Crippen molar-refractivity contribution in [1.82, 2.24) is 0 Å². The highest BCUT2D eigenvalue weighted by atomic mass is 19.1. The molecule has 0 N–H and O–H groups in total. The van der Waals surface area contributed by atoms with Gasteiger partial charge in [-0.25, -0.2) is 9.18 Å². The van der Waals surface area contributed by atoms with E-state index < -0.39 is 18.0 Å². The number of ether oxygens (including phenoxy) is 1. The Kier molecular flexibility index (Phi) is 3.11. The molecular weight excluding hydrogens is 227 g/mol. The summed E-state index contributed by atoms with van der Waals surface area (Å²) in [4.78, 5) is 15.4. The molecule has 6 nitrogen and oxygen atoms in total. The van der Waals surface area contributed by atoms with Crippen molar-refractivity contribution in [2.75, 3.05) is 18.0 Å². The summed E-state index contributed by atoms with van der Waals surface area (Å²) in [6, 6.07) is 5.67. The first-order chi connectivity index (χ1) is 8.20. The molecule has 1 aromatic carbocycles. The van der Waals surface area contributed by atoms with Gasteiger partial charge in [0, 0.05) is 4.91 Å². The third-order valence-corrected chi connectivity index (χ3v) is 2.34. The van der Waals surface area contributed by atoms with Gasteiger partial charge in [-0.05, 0) is 23.7 Å². The van der Waals surface area contributed by atoms with Crippen LogP contribution in [-0.4, -0.2) is 25.3 Å². The molecule has 1 fully saturated rings. The zero-order valence-electron chi connectivity index (χ0n) is 8.78. The Hall–Kier alpha value is -2.27. The number of halogens is 1. The Morgan fingerprint density at radius 2 is 2.47 bits per heavy atom. The molecule has 1 atom stereocenters. The minimum atomic E-state index is -0.561. The molecule has 1 heterocycles. The molecule has 2 rings (SSSR count). The molecule has 0 radical (unpaired) electrons. The lowest BCUT2D eigenvalue weighted by atomic mass is 10.2. The maximum atomic E-state index is 13.0. The lowest BCUT2D eigenvalue weighted by Crippen LogP contribution is -2.25. The van der Waals surface area contributed by atoms with Crippen molar-refractivity contribution in [3.05, 3.63) is 40.5 Å². The minimum absolute atomic E-state index is 0.0774. The SMILES string of the molecule is [N-]=[N+]=NC[C@H]1CN(c2cccc(F)c2)C(=O)O1. The lowest BCUT2D eigenvalue weighted by Gasteiger charge is -2.12. The van der Waals surface area contributed by atoms with Crippen molar-refractivity contribution in [2.45, 2.75) is 6.10 Å².